The molecule has 4 radical (unpaired) electrons. The summed E-state index contributed by atoms with van der Waals surface area (Å²) in [7, 11) is 11.5. The number of hydrogen-bond acceptors (Lipinski definition) is 9. The van der Waals surface area contributed by atoms with Gasteiger partial charge in [0.05, 0.1) is 0 Å². The Morgan fingerprint density at radius 1 is 0.892 bits per heavy atom. The van der Waals surface area contributed by atoms with E-state index in [2.05, 4.69) is 5.32 Å². The van der Waals surface area contributed by atoms with Gasteiger partial charge >= 0.3 is 0 Å². The number of nitrogens with one attached hydrogen (secondary N) is 1. The van der Waals surface area contributed by atoms with Crippen molar-refractivity contribution in [1.82, 2.24) is 5.32 Å². The Balaban J connectivity index is 2.24. The number of carbonyl (C=O) groups is 5. The van der Waals surface area contributed by atoms with Crippen LogP contribution in [0.3, 0.4) is 0 Å². The van der Waals surface area contributed by atoms with Gasteiger partial charge in [0.2, 0.25) is 39.2 Å². The Hall–Kier alpha value is -4.28. The summed E-state index contributed by atoms with van der Waals surface area (Å²) < 4.78 is 20.3. The molecule has 0 atom stereocenters. The second kappa shape index (κ2) is 15.0. The maximum atomic E-state index is 13.0. The molecule has 1 N–H and O–H groups in total. The molecule has 2 aromatic rings. The molecular weight excluding hydrogens is 482 g/mol. The second-order valence-electron chi connectivity index (χ2n) is 7.50. The highest BCUT2D eigenvalue weighted by Gasteiger charge is 2.19. The summed E-state index contributed by atoms with van der Waals surface area (Å²) in [5.41, 5.74) is 2.13. The first kappa shape index (κ1) is 29.0. The lowest BCUT2D eigenvalue weighted by atomic mass is 10.1. The van der Waals surface area contributed by atoms with Crippen molar-refractivity contribution >= 4 is 51.4 Å². The van der Waals surface area contributed by atoms with Crippen LogP contribution in [0.15, 0.2) is 42.5 Å². The fourth-order valence-corrected chi connectivity index (χ4v) is 3.09. The number of nitrogens with zero attached hydrogens (tertiary/aromatic N) is 1. The highest BCUT2D eigenvalue weighted by molar-refractivity contribution is 6.55. The van der Waals surface area contributed by atoms with Crippen molar-refractivity contribution in [1.29, 1.82) is 0 Å². The zero-order valence-corrected chi connectivity index (χ0v) is 20.1. The van der Waals surface area contributed by atoms with Crippen LogP contribution in [0.5, 0.6) is 5.75 Å². The Bertz CT molecular complexity index is 1110. The van der Waals surface area contributed by atoms with Gasteiger partial charge in [-0.2, -0.15) is 0 Å². The first-order chi connectivity index (χ1) is 17.7. The average molecular weight is 506 g/mol. The van der Waals surface area contributed by atoms with Gasteiger partial charge in [-0.25, -0.2) is 0 Å². The molecule has 0 saturated heterocycles. The van der Waals surface area contributed by atoms with E-state index < -0.39 is 11.7 Å². The molecule has 0 aliphatic rings. The molecule has 0 fully saturated rings. The maximum absolute atomic E-state index is 13.0. The molecule has 2 aromatic carbocycles. The third-order valence-corrected chi connectivity index (χ3v) is 4.94. The number of benzene rings is 2. The first-order valence-electron chi connectivity index (χ1n) is 11.0. The van der Waals surface area contributed by atoms with Gasteiger partial charge < -0.3 is 24.3 Å². The lowest BCUT2D eigenvalue weighted by Gasteiger charge is -2.24. The van der Waals surface area contributed by atoms with E-state index in [1.165, 1.54) is 11.9 Å². The van der Waals surface area contributed by atoms with E-state index in [0.29, 0.717) is 28.1 Å². The summed E-state index contributed by atoms with van der Waals surface area (Å²) in [6, 6.07) is 11.3. The standard InChI is InChI=1S/C24H24B2N2O9/c1-27-21(30)8-9-22(31)28(19-5-2-16(3-6-19)11-35-23(25)32)14-37-20-7-4-17(12-36-24(26)33)10-18(20)13-34-15-29/h2-7,10,15H,8-9,11-14H2,1H3,(H,27,30). The summed E-state index contributed by atoms with van der Waals surface area (Å²) >= 11 is 0. The molecule has 37 heavy (non-hydrogen) atoms. The number of rotatable bonds is 14. The summed E-state index contributed by atoms with van der Waals surface area (Å²) in [4.78, 5) is 58.4. The van der Waals surface area contributed by atoms with Crippen molar-refractivity contribution in [2.24, 2.45) is 0 Å². The van der Waals surface area contributed by atoms with E-state index in [-0.39, 0.29) is 57.7 Å². The molecule has 0 bridgehead atoms. The van der Waals surface area contributed by atoms with Crippen LogP contribution in [0.25, 0.3) is 0 Å². The Labute approximate surface area is 216 Å². The van der Waals surface area contributed by atoms with Crippen molar-refractivity contribution in [3.8, 4) is 5.75 Å². The van der Waals surface area contributed by atoms with Crippen LogP contribution in [0.2, 0.25) is 0 Å². The highest BCUT2D eigenvalue weighted by Crippen LogP contribution is 2.24. The Morgan fingerprint density at radius 3 is 2.11 bits per heavy atom. The third kappa shape index (κ3) is 10.1. The molecule has 0 unspecified atom stereocenters. The molecule has 0 heterocycles. The molecule has 11 nitrogen and oxygen atoms in total. The molecule has 0 aliphatic carbocycles. The van der Waals surface area contributed by atoms with Crippen molar-refractivity contribution in [3.63, 3.8) is 0 Å². The zero-order chi connectivity index (χ0) is 27.2. The average Bonchev–Trinajstić information content (AvgIpc) is 2.89. The number of carbonyl (C=O) groups excluding carboxylic acids is 5. The van der Waals surface area contributed by atoms with Crippen LogP contribution in [-0.4, -0.2) is 59.5 Å². The topological polar surface area (TPSA) is 138 Å². The predicted molar refractivity (Wildman–Crippen MR) is 132 cm³/mol. The van der Waals surface area contributed by atoms with Crippen LogP contribution in [0.1, 0.15) is 29.5 Å². The summed E-state index contributed by atoms with van der Waals surface area (Å²) in [6.45, 7) is -0.242. The molecule has 0 saturated carbocycles. The van der Waals surface area contributed by atoms with Gasteiger partial charge in [-0.05, 0) is 35.4 Å². The number of amides is 2. The van der Waals surface area contributed by atoms with E-state index in [4.69, 9.17) is 34.6 Å². The van der Waals surface area contributed by atoms with Crippen LogP contribution in [0, 0.1) is 0 Å². The first-order valence-corrected chi connectivity index (χ1v) is 11.0. The zero-order valence-electron chi connectivity index (χ0n) is 20.1. The highest BCUT2D eigenvalue weighted by atomic mass is 16.5. The number of hydrogen-bond donors (Lipinski definition) is 1. The van der Waals surface area contributed by atoms with E-state index in [9.17, 15) is 24.0 Å². The fraction of sp³-hybridized carbons (Fsp3) is 0.292. The van der Waals surface area contributed by atoms with Gasteiger partial charge in [0, 0.05) is 31.1 Å². The third-order valence-electron chi connectivity index (χ3n) is 4.94. The van der Waals surface area contributed by atoms with Crippen molar-refractivity contribution in [3.05, 3.63) is 59.2 Å². The SMILES string of the molecule is [B]C(=O)OCc1ccc(N(COc2ccc(COC([B])=O)cc2COC=O)C(=O)CCC(=O)NC)cc1. The summed E-state index contributed by atoms with van der Waals surface area (Å²) in [6.07, 6.45) is -0.108. The fourth-order valence-electron chi connectivity index (χ4n) is 3.09. The monoisotopic (exact) mass is 506 g/mol. The van der Waals surface area contributed by atoms with Gasteiger partial charge in [-0.15, -0.1) is 0 Å². The molecule has 0 spiro atoms. The maximum Gasteiger partial charge on any atom is 0.293 e. The molecule has 2 rings (SSSR count). The van der Waals surface area contributed by atoms with E-state index >= 15 is 0 Å². The van der Waals surface area contributed by atoms with Crippen LogP contribution in [0.4, 0.5) is 15.3 Å². The van der Waals surface area contributed by atoms with Crippen LogP contribution in [-0.2, 0) is 48.4 Å². The molecule has 2 amide bonds. The number of ether oxygens (including phenoxy) is 4. The smallest absolute Gasteiger partial charge is 0.293 e. The van der Waals surface area contributed by atoms with Gasteiger partial charge in [0.15, 0.2) is 6.73 Å². The van der Waals surface area contributed by atoms with Crippen molar-refractivity contribution < 1.29 is 42.9 Å². The Morgan fingerprint density at radius 2 is 1.51 bits per heavy atom. The normalized spacial score (nSPS) is 10.1. The van der Waals surface area contributed by atoms with Gasteiger partial charge in [-0.3, -0.25) is 28.9 Å². The lowest BCUT2D eigenvalue weighted by molar-refractivity contribution is -0.129. The van der Waals surface area contributed by atoms with Crippen LogP contribution >= 0.6 is 0 Å². The van der Waals surface area contributed by atoms with Gasteiger partial charge in [0.25, 0.3) is 6.47 Å². The summed E-state index contributed by atoms with van der Waals surface area (Å²) in [5.74, 6) is -2.23. The lowest BCUT2D eigenvalue weighted by Crippen LogP contribution is -2.35. The van der Waals surface area contributed by atoms with Crippen molar-refractivity contribution in [2.45, 2.75) is 32.7 Å². The largest absolute Gasteiger partial charge is 0.472 e. The van der Waals surface area contributed by atoms with Crippen molar-refractivity contribution in [2.75, 3.05) is 18.7 Å². The van der Waals surface area contributed by atoms with E-state index in [1.54, 1.807) is 42.5 Å². The van der Waals surface area contributed by atoms with Gasteiger partial charge in [-0.1, -0.05) is 18.2 Å². The predicted octanol–water partition coefficient (Wildman–Crippen LogP) is 1.87. The van der Waals surface area contributed by atoms with Crippen LogP contribution < -0.4 is 15.0 Å². The van der Waals surface area contributed by atoms with E-state index in [0.717, 1.165) is 0 Å². The molecular formula is C24H24B2N2O9. The minimum absolute atomic E-state index is 0.0245. The number of anilines is 1. The molecule has 0 aliphatic heterocycles. The second-order valence-corrected chi connectivity index (χ2v) is 7.50. The minimum Gasteiger partial charge on any atom is -0.472 e. The summed E-state index contributed by atoms with van der Waals surface area (Å²) in [5, 5.41) is 2.46. The minimum atomic E-state index is -0.941. The molecule has 190 valence electrons. The molecule has 0 aromatic heterocycles. The quantitative estimate of drug-likeness (QED) is 0.176. The van der Waals surface area contributed by atoms with Gasteiger partial charge in [0.1, 0.15) is 25.6 Å². The Kier molecular flexibility index (Phi) is 11.7. The van der Waals surface area contributed by atoms with E-state index in [1.807, 2.05) is 0 Å². The molecule has 13 heteroatoms.